The average Bonchev–Trinajstić information content (AvgIpc) is 2.97. The van der Waals surface area contributed by atoms with Crippen molar-refractivity contribution in [2.75, 3.05) is 0 Å². The number of aryl methyl sites for hydroxylation is 2. The molecule has 1 amide bonds. The Morgan fingerprint density at radius 2 is 1.85 bits per heavy atom. The number of hydrogen-bond acceptors (Lipinski definition) is 5. The van der Waals surface area contributed by atoms with Crippen LogP contribution >= 0.6 is 0 Å². The summed E-state index contributed by atoms with van der Waals surface area (Å²) in [6, 6.07) is 7.29. The molecule has 0 unspecified atom stereocenters. The van der Waals surface area contributed by atoms with Crippen LogP contribution in [0.15, 0.2) is 33.8 Å². The van der Waals surface area contributed by atoms with Gasteiger partial charge in [0.2, 0.25) is 5.76 Å². The van der Waals surface area contributed by atoms with Gasteiger partial charge >= 0.3 is 5.97 Å². The molecule has 0 fully saturated rings. The summed E-state index contributed by atoms with van der Waals surface area (Å²) in [5.74, 6) is 0.195. The number of nitrogens with one attached hydrogen (secondary N) is 1. The van der Waals surface area contributed by atoms with Crippen LogP contribution in [0.3, 0.4) is 0 Å². The molecule has 1 aromatic carbocycles. The molecule has 142 valence electrons. The van der Waals surface area contributed by atoms with Crippen molar-refractivity contribution >= 4 is 17.6 Å². The molecule has 1 aliphatic carbocycles. The van der Waals surface area contributed by atoms with Crippen LogP contribution in [0.2, 0.25) is 0 Å². The number of carbonyl (C=O) groups is 2. The van der Waals surface area contributed by atoms with Gasteiger partial charge in [0, 0.05) is 23.1 Å². The molecule has 0 spiro atoms. The van der Waals surface area contributed by atoms with Crippen molar-refractivity contribution in [2.24, 2.45) is 5.10 Å². The largest absolute Gasteiger partial charge is 0.457 e. The molecule has 1 aromatic heterocycles. The van der Waals surface area contributed by atoms with E-state index >= 15 is 0 Å². The Morgan fingerprint density at radius 3 is 2.52 bits per heavy atom. The summed E-state index contributed by atoms with van der Waals surface area (Å²) in [5, 5.41) is 4.32. The molecular formula is C21H24N2O4. The highest BCUT2D eigenvalue weighted by Crippen LogP contribution is 2.30. The highest BCUT2D eigenvalue weighted by molar-refractivity contribution is 6.06. The van der Waals surface area contributed by atoms with Crippen molar-refractivity contribution in [3.8, 4) is 0 Å². The number of ether oxygens (including phenoxy) is 1. The van der Waals surface area contributed by atoms with E-state index in [-0.39, 0.29) is 17.8 Å². The van der Waals surface area contributed by atoms with Crippen molar-refractivity contribution in [1.29, 1.82) is 0 Å². The van der Waals surface area contributed by atoms with Crippen LogP contribution in [0.5, 0.6) is 0 Å². The molecule has 1 aliphatic rings. The fourth-order valence-corrected chi connectivity index (χ4v) is 3.13. The molecule has 6 nitrogen and oxygen atoms in total. The number of rotatable bonds is 4. The molecule has 2 aromatic rings. The first-order chi connectivity index (χ1) is 12.9. The van der Waals surface area contributed by atoms with E-state index in [9.17, 15) is 9.59 Å². The molecule has 0 aliphatic heterocycles. The maximum absolute atomic E-state index is 12.3. The van der Waals surface area contributed by atoms with Gasteiger partial charge in [-0.25, -0.2) is 10.2 Å². The van der Waals surface area contributed by atoms with Gasteiger partial charge < -0.3 is 9.15 Å². The van der Waals surface area contributed by atoms with Crippen LogP contribution in [0, 0.1) is 13.8 Å². The molecule has 27 heavy (non-hydrogen) atoms. The molecule has 0 saturated carbocycles. The second-order valence-electron chi connectivity index (χ2n) is 7.03. The van der Waals surface area contributed by atoms with Gasteiger partial charge in [0.1, 0.15) is 5.76 Å². The minimum Gasteiger partial charge on any atom is -0.457 e. The van der Waals surface area contributed by atoms with E-state index in [1.807, 2.05) is 26.0 Å². The number of benzene rings is 1. The fourth-order valence-electron chi connectivity index (χ4n) is 3.13. The second-order valence-corrected chi connectivity index (χ2v) is 7.03. The third-order valence-corrected chi connectivity index (χ3v) is 4.46. The monoisotopic (exact) mass is 368 g/mol. The number of fused-ring (bicyclic) bond motifs is 1. The van der Waals surface area contributed by atoms with Gasteiger partial charge in [0.05, 0.1) is 11.8 Å². The number of furan rings is 1. The highest BCUT2D eigenvalue weighted by Gasteiger charge is 2.29. The van der Waals surface area contributed by atoms with E-state index < -0.39 is 5.97 Å². The minimum absolute atomic E-state index is 0.216. The Kier molecular flexibility index (Phi) is 5.44. The molecule has 1 N–H and O–H groups in total. The highest BCUT2D eigenvalue weighted by atomic mass is 16.6. The Labute approximate surface area is 158 Å². The zero-order chi connectivity index (χ0) is 19.6. The molecule has 1 heterocycles. The first-order valence-corrected chi connectivity index (χ1v) is 9.14. The van der Waals surface area contributed by atoms with Crippen LogP contribution in [-0.2, 0) is 11.2 Å². The Morgan fingerprint density at radius 1 is 1.15 bits per heavy atom. The van der Waals surface area contributed by atoms with E-state index in [1.165, 1.54) is 0 Å². The molecular weight excluding hydrogens is 344 g/mol. The number of hydrazone groups is 1. The van der Waals surface area contributed by atoms with Gasteiger partial charge in [0.15, 0.2) is 0 Å². The number of carbonyl (C=O) groups excluding carboxylic acids is 2. The maximum Gasteiger partial charge on any atom is 0.374 e. The quantitative estimate of drug-likeness (QED) is 0.655. The molecule has 0 atom stereocenters. The molecule has 6 heteroatoms. The lowest BCUT2D eigenvalue weighted by Crippen LogP contribution is -2.22. The normalized spacial score (nSPS) is 14.9. The number of hydrogen-bond donors (Lipinski definition) is 1. The summed E-state index contributed by atoms with van der Waals surface area (Å²) in [4.78, 5) is 24.6. The van der Waals surface area contributed by atoms with Crippen molar-refractivity contribution in [1.82, 2.24) is 5.43 Å². The molecule has 0 radical (unpaired) electrons. The van der Waals surface area contributed by atoms with Gasteiger partial charge in [-0.1, -0.05) is 17.7 Å². The second kappa shape index (κ2) is 7.78. The van der Waals surface area contributed by atoms with Crippen LogP contribution in [0.1, 0.15) is 70.1 Å². The van der Waals surface area contributed by atoms with Crippen molar-refractivity contribution in [3.05, 3.63) is 58.0 Å². The SMILES string of the molecule is Cc1ccc(C(=O)N/N=C2\CCCc3oc(C(=O)OC(C)C)c(C)c32)cc1. The summed E-state index contributed by atoms with van der Waals surface area (Å²) < 4.78 is 11.0. The van der Waals surface area contributed by atoms with E-state index in [2.05, 4.69) is 10.5 Å². The fraction of sp³-hybridized carbons (Fsp3) is 0.381. The third kappa shape index (κ3) is 4.10. The Hall–Kier alpha value is -2.89. The van der Waals surface area contributed by atoms with Crippen molar-refractivity contribution in [2.45, 2.75) is 53.1 Å². The van der Waals surface area contributed by atoms with Crippen LogP contribution < -0.4 is 5.43 Å². The summed E-state index contributed by atoms with van der Waals surface area (Å²) in [6.45, 7) is 7.38. The Balaban J connectivity index is 1.84. The Bertz CT molecular complexity index is 892. The third-order valence-electron chi connectivity index (χ3n) is 4.46. The predicted molar refractivity (Wildman–Crippen MR) is 102 cm³/mol. The number of nitrogens with zero attached hydrogens (tertiary/aromatic N) is 1. The van der Waals surface area contributed by atoms with Gasteiger partial charge in [-0.2, -0.15) is 5.10 Å². The lowest BCUT2D eigenvalue weighted by molar-refractivity contribution is 0.0338. The predicted octanol–water partition coefficient (Wildman–Crippen LogP) is 3.93. The van der Waals surface area contributed by atoms with E-state index in [0.29, 0.717) is 17.5 Å². The first kappa shape index (κ1) is 18.9. The van der Waals surface area contributed by atoms with Gasteiger partial charge in [-0.3, -0.25) is 4.79 Å². The van der Waals surface area contributed by atoms with E-state index in [0.717, 1.165) is 35.4 Å². The van der Waals surface area contributed by atoms with Crippen molar-refractivity contribution in [3.63, 3.8) is 0 Å². The van der Waals surface area contributed by atoms with Gasteiger partial charge in [0.25, 0.3) is 5.91 Å². The lowest BCUT2D eigenvalue weighted by Gasteiger charge is -2.13. The maximum atomic E-state index is 12.3. The summed E-state index contributed by atoms with van der Waals surface area (Å²) in [7, 11) is 0. The zero-order valence-electron chi connectivity index (χ0n) is 16.1. The van der Waals surface area contributed by atoms with Crippen LogP contribution in [-0.4, -0.2) is 23.7 Å². The molecule has 0 saturated heterocycles. The standard InChI is InChI=1S/C21H24N2O4/c1-12(2)26-21(25)19-14(4)18-16(6-5-7-17(18)27-19)22-23-20(24)15-10-8-13(3)9-11-15/h8-12H,5-7H2,1-4H3,(H,23,24)/b22-16+. The first-order valence-electron chi connectivity index (χ1n) is 9.14. The lowest BCUT2D eigenvalue weighted by atomic mass is 9.93. The zero-order valence-corrected chi connectivity index (χ0v) is 16.1. The van der Waals surface area contributed by atoms with Crippen LogP contribution in [0.4, 0.5) is 0 Å². The average molecular weight is 368 g/mol. The summed E-state index contributed by atoms with van der Waals surface area (Å²) in [5.41, 5.74) is 6.49. The van der Waals surface area contributed by atoms with Crippen LogP contribution in [0.25, 0.3) is 0 Å². The van der Waals surface area contributed by atoms with Crippen molar-refractivity contribution < 1.29 is 18.7 Å². The summed E-state index contributed by atoms with van der Waals surface area (Å²) in [6.07, 6.45) is 2.06. The van der Waals surface area contributed by atoms with E-state index in [4.69, 9.17) is 9.15 Å². The topological polar surface area (TPSA) is 80.9 Å². The van der Waals surface area contributed by atoms with Gasteiger partial charge in [-0.15, -0.1) is 0 Å². The minimum atomic E-state index is -0.472. The van der Waals surface area contributed by atoms with E-state index in [1.54, 1.807) is 26.0 Å². The molecule has 3 rings (SSSR count). The van der Waals surface area contributed by atoms with Gasteiger partial charge in [-0.05, 0) is 52.7 Å². The number of esters is 1. The smallest absolute Gasteiger partial charge is 0.374 e. The summed E-state index contributed by atoms with van der Waals surface area (Å²) >= 11 is 0. The molecule has 0 bridgehead atoms. The number of amides is 1.